The van der Waals surface area contributed by atoms with Crippen LogP contribution < -0.4 is 20.3 Å². The molecule has 0 saturated carbocycles. The summed E-state index contributed by atoms with van der Waals surface area (Å²) in [6.45, 7) is 8.41. The lowest BCUT2D eigenvalue weighted by molar-refractivity contribution is -0.118. The summed E-state index contributed by atoms with van der Waals surface area (Å²) >= 11 is 3.49. The third kappa shape index (κ3) is 7.29. The van der Waals surface area contributed by atoms with Gasteiger partial charge in [0, 0.05) is 11.3 Å². The molecule has 230 valence electrons. The van der Waals surface area contributed by atoms with Crippen LogP contribution in [0.2, 0.25) is 0 Å². The summed E-state index contributed by atoms with van der Waals surface area (Å²) in [4.78, 5) is 30.9. The first-order valence-corrected chi connectivity index (χ1v) is 15.3. The molecule has 0 atom stereocenters. The molecule has 0 aliphatic carbocycles. The number of para-hydroxylation sites is 1. The molecule has 1 N–H and O–H groups in total. The first kappa shape index (κ1) is 31.6. The van der Waals surface area contributed by atoms with Gasteiger partial charge in [-0.15, -0.1) is 0 Å². The average Bonchev–Trinajstić information content (AvgIpc) is 3.01. The van der Waals surface area contributed by atoms with Crippen LogP contribution in [-0.4, -0.2) is 35.0 Å². The molecular weight excluding hydrogens is 639 g/mol. The molecule has 1 heterocycles. The van der Waals surface area contributed by atoms with E-state index in [0.717, 1.165) is 22.4 Å². The van der Waals surface area contributed by atoms with Crippen molar-refractivity contribution >= 4 is 44.6 Å². The summed E-state index contributed by atoms with van der Waals surface area (Å²) in [6, 6.07) is 21.9. The van der Waals surface area contributed by atoms with E-state index in [1.54, 1.807) is 36.5 Å². The number of aromatic nitrogens is 2. The van der Waals surface area contributed by atoms with Gasteiger partial charge in [-0.25, -0.2) is 9.37 Å². The number of nitrogens with one attached hydrogen (secondary N) is 1. The monoisotopic (exact) mass is 670 g/mol. The lowest BCUT2D eigenvalue weighted by Gasteiger charge is -2.18. The predicted molar refractivity (Wildman–Crippen MR) is 179 cm³/mol. The predicted octanol–water partition coefficient (Wildman–Crippen LogP) is 7.70. The Morgan fingerprint density at radius 3 is 2.51 bits per heavy atom. The van der Waals surface area contributed by atoms with Gasteiger partial charge in [-0.1, -0.05) is 26.0 Å². The van der Waals surface area contributed by atoms with Crippen LogP contribution in [0, 0.1) is 12.7 Å². The van der Waals surface area contributed by atoms with Gasteiger partial charge in [-0.05, 0) is 119 Å². The standard InChI is InChI=1S/C35H32BrFN4O4/c1-5-44-32-16-22(4)28(18-27(32)21(2)3)34-40-30-9-7-6-8-26(30)35(43)41(34)38-19-23-10-15-31(29(36)17-23)45-20-33(42)39-25-13-11-24(37)12-14-25/h6-19,21H,5,20H2,1-4H3,(H,39,42). The molecular formula is C35H32BrFN4O4. The average molecular weight is 672 g/mol. The van der Waals surface area contributed by atoms with Crippen molar-refractivity contribution in [2.75, 3.05) is 18.5 Å². The number of nitrogens with zero attached hydrogens (tertiary/aromatic N) is 3. The molecule has 10 heteroatoms. The number of hydrogen-bond acceptors (Lipinski definition) is 6. The number of hydrogen-bond donors (Lipinski definition) is 1. The van der Waals surface area contributed by atoms with Crippen molar-refractivity contribution in [1.82, 2.24) is 9.66 Å². The minimum atomic E-state index is -0.389. The van der Waals surface area contributed by atoms with Crippen LogP contribution in [0.4, 0.5) is 10.1 Å². The molecule has 0 radical (unpaired) electrons. The van der Waals surface area contributed by atoms with E-state index in [9.17, 15) is 14.0 Å². The van der Waals surface area contributed by atoms with Gasteiger partial charge in [0.25, 0.3) is 11.5 Å². The maximum Gasteiger partial charge on any atom is 0.282 e. The van der Waals surface area contributed by atoms with Crippen LogP contribution in [0.15, 0.2) is 93.2 Å². The first-order chi connectivity index (χ1) is 21.6. The maximum absolute atomic E-state index is 13.8. The van der Waals surface area contributed by atoms with E-state index in [-0.39, 0.29) is 29.8 Å². The largest absolute Gasteiger partial charge is 0.494 e. The van der Waals surface area contributed by atoms with Gasteiger partial charge < -0.3 is 14.8 Å². The first-order valence-electron chi connectivity index (χ1n) is 14.5. The van der Waals surface area contributed by atoms with Gasteiger partial charge in [0.15, 0.2) is 12.4 Å². The molecule has 0 unspecified atom stereocenters. The van der Waals surface area contributed by atoms with Gasteiger partial charge in [0.1, 0.15) is 17.3 Å². The zero-order valence-corrected chi connectivity index (χ0v) is 26.9. The summed E-state index contributed by atoms with van der Waals surface area (Å²) in [5.74, 6) is 1.08. The minimum absolute atomic E-state index is 0.183. The molecule has 45 heavy (non-hydrogen) atoms. The molecule has 0 spiro atoms. The van der Waals surface area contributed by atoms with E-state index >= 15 is 0 Å². The van der Waals surface area contributed by atoms with E-state index < -0.39 is 0 Å². The number of carbonyl (C=O) groups excluding carboxylic acids is 1. The normalized spacial score (nSPS) is 11.4. The minimum Gasteiger partial charge on any atom is -0.494 e. The van der Waals surface area contributed by atoms with Gasteiger partial charge in [-0.2, -0.15) is 9.78 Å². The number of carbonyl (C=O) groups is 1. The van der Waals surface area contributed by atoms with E-state index in [4.69, 9.17) is 14.5 Å². The summed E-state index contributed by atoms with van der Waals surface area (Å²) in [6.07, 6.45) is 1.57. The molecule has 8 nitrogen and oxygen atoms in total. The van der Waals surface area contributed by atoms with Crippen LogP contribution >= 0.6 is 15.9 Å². The van der Waals surface area contributed by atoms with Crippen molar-refractivity contribution in [2.45, 2.75) is 33.6 Å². The van der Waals surface area contributed by atoms with Crippen molar-refractivity contribution in [2.24, 2.45) is 5.10 Å². The fourth-order valence-corrected chi connectivity index (χ4v) is 5.30. The molecule has 0 aliphatic heterocycles. The van der Waals surface area contributed by atoms with Crippen LogP contribution in [-0.2, 0) is 4.79 Å². The third-order valence-electron chi connectivity index (χ3n) is 7.04. The number of benzene rings is 4. The number of amides is 1. The molecule has 0 fully saturated rings. The van der Waals surface area contributed by atoms with Gasteiger partial charge in [0.05, 0.1) is 28.2 Å². The highest BCUT2D eigenvalue weighted by Gasteiger charge is 2.18. The van der Waals surface area contributed by atoms with Crippen LogP contribution in [0.5, 0.6) is 11.5 Å². The fraction of sp³-hybridized carbons (Fsp3) is 0.200. The SMILES string of the molecule is CCOc1cc(C)c(-c2nc3ccccc3c(=O)n2N=Cc2ccc(OCC(=O)Nc3ccc(F)cc3)c(Br)c2)cc1C(C)C. The molecule has 0 aliphatic rings. The van der Waals surface area contributed by atoms with Crippen LogP contribution in [0.3, 0.4) is 0 Å². The van der Waals surface area contributed by atoms with Crippen LogP contribution in [0.25, 0.3) is 22.3 Å². The van der Waals surface area contributed by atoms with Crippen molar-refractivity contribution in [3.05, 3.63) is 116 Å². The Balaban J connectivity index is 1.45. The highest BCUT2D eigenvalue weighted by atomic mass is 79.9. The molecule has 0 saturated heterocycles. The Hall–Kier alpha value is -4.83. The lowest BCUT2D eigenvalue weighted by atomic mass is 9.96. The second-order valence-electron chi connectivity index (χ2n) is 10.6. The Morgan fingerprint density at radius 1 is 1.04 bits per heavy atom. The summed E-state index contributed by atoms with van der Waals surface area (Å²) in [5, 5.41) is 7.72. The van der Waals surface area contributed by atoms with Crippen molar-refractivity contribution < 1.29 is 18.7 Å². The van der Waals surface area contributed by atoms with E-state index in [1.165, 1.54) is 28.9 Å². The lowest BCUT2D eigenvalue weighted by Crippen LogP contribution is -2.21. The number of anilines is 1. The summed E-state index contributed by atoms with van der Waals surface area (Å²) < 4.78 is 26.6. The molecule has 5 rings (SSSR count). The molecule has 1 aromatic heterocycles. The molecule has 1 amide bonds. The van der Waals surface area contributed by atoms with Crippen molar-refractivity contribution in [1.29, 1.82) is 0 Å². The van der Waals surface area contributed by atoms with Gasteiger partial charge in [-0.3, -0.25) is 9.59 Å². The maximum atomic E-state index is 13.8. The zero-order valence-electron chi connectivity index (χ0n) is 25.3. The Morgan fingerprint density at radius 2 is 1.80 bits per heavy atom. The second-order valence-corrected chi connectivity index (χ2v) is 11.5. The summed E-state index contributed by atoms with van der Waals surface area (Å²) in [5.41, 5.74) is 4.14. The molecule has 0 bridgehead atoms. The highest BCUT2D eigenvalue weighted by Crippen LogP contribution is 2.34. The van der Waals surface area contributed by atoms with Gasteiger partial charge in [0.2, 0.25) is 0 Å². The van der Waals surface area contributed by atoms with E-state index in [0.29, 0.717) is 44.8 Å². The van der Waals surface area contributed by atoms with Crippen molar-refractivity contribution in [3.8, 4) is 22.9 Å². The molecule has 5 aromatic rings. The number of ether oxygens (including phenoxy) is 2. The summed E-state index contributed by atoms with van der Waals surface area (Å²) in [7, 11) is 0. The topological polar surface area (TPSA) is 94.8 Å². The Bertz CT molecular complexity index is 1960. The third-order valence-corrected chi connectivity index (χ3v) is 7.66. The highest BCUT2D eigenvalue weighted by molar-refractivity contribution is 9.10. The number of fused-ring (bicyclic) bond motifs is 1. The Labute approximate surface area is 268 Å². The van der Waals surface area contributed by atoms with Crippen LogP contribution in [0.1, 0.15) is 43.4 Å². The number of aryl methyl sites for hydroxylation is 1. The number of halogens is 2. The number of rotatable bonds is 10. The fourth-order valence-electron chi connectivity index (χ4n) is 4.79. The molecule has 4 aromatic carbocycles. The van der Waals surface area contributed by atoms with Crippen molar-refractivity contribution in [3.63, 3.8) is 0 Å². The zero-order chi connectivity index (χ0) is 32.1. The smallest absolute Gasteiger partial charge is 0.282 e. The second kappa shape index (κ2) is 13.9. The quantitative estimate of drug-likeness (QED) is 0.154. The van der Waals surface area contributed by atoms with Gasteiger partial charge >= 0.3 is 0 Å². The van der Waals surface area contributed by atoms with E-state index in [1.807, 2.05) is 38.1 Å². The van der Waals surface area contributed by atoms with E-state index in [2.05, 4.69) is 40.2 Å². The Kier molecular flexibility index (Phi) is 9.73.